The predicted molar refractivity (Wildman–Crippen MR) is 43.3 cm³/mol. The van der Waals surface area contributed by atoms with Crippen molar-refractivity contribution >= 4 is 11.8 Å². The molecule has 0 bridgehead atoms. The van der Waals surface area contributed by atoms with E-state index >= 15 is 0 Å². The maximum Gasteiger partial charge on any atom is 0.310 e. The smallest absolute Gasteiger partial charge is 0.310 e. The van der Waals surface area contributed by atoms with Gasteiger partial charge in [-0.15, -0.1) is 0 Å². The Hall–Kier alpha value is -1.61. The Morgan fingerprint density at radius 2 is 2.00 bits per heavy atom. The Morgan fingerprint density at radius 3 is 2.46 bits per heavy atom. The third-order valence-electron chi connectivity index (χ3n) is 1.09. The number of hydrogen-bond acceptors (Lipinski definition) is 4. The zero-order valence-electron chi connectivity index (χ0n) is 7.20. The Morgan fingerprint density at radius 1 is 1.46 bits per heavy atom. The molecule has 0 radical (unpaired) electrons. The van der Waals surface area contributed by atoms with Gasteiger partial charge in [0.15, 0.2) is 0 Å². The van der Waals surface area contributed by atoms with Crippen molar-refractivity contribution in [2.45, 2.75) is 13.0 Å². The van der Waals surface area contributed by atoms with Gasteiger partial charge in [0.1, 0.15) is 6.54 Å². The number of aliphatic hydroxyl groups excluding tert-OH is 1. The molecule has 0 aromatic carbocycles. The maximum atomic E-state index is 10.8. The van der Waals surface area contributed by atoms with Crippen molar-refractivity contribution in [3.8, 4) is 6.07 Å². The van der Waals surface area contributed by atoms with Crippen molar-refractivity contribution in [3.05, 3.63) is 0 Å². The summed E-state index contributed by atoms with van der Waals surface area (Å²) in [5.41, 5.74) is 0. The van der Waals surface area contributed by atoms with Crippen LogP contribution in [0.15, 0.2) is 0 Å². The number of hydrogen-bond donors (Lipinski definition) is 3. The van der Waals surface area contributed by atoms with Gasteiger partial charge in [-0.25, -0.2) is 0 Å². The monoisotopic (exact) mass is 185 g/mol. The van der Waals surface area contributed by atoms with Crippen molar-refractivity contribution < 1.29 is 14.7 Å². The molecule has 0 fully saturated rings. The summed E-state index contributed by atoms with van der Waals surface area (Å²) in [4.78, 5) is 21.6. The largest absolute Gasteiger partial charge is 0.392 e. The molecule has 0 aromatic rings. The molecule has 0 saturated carbocycles. The quantitative estimate of drug-likeness (QED) is 0.354. The van der Waals surface area contributed by atoms with E-state index in [1.807, 2.05) is 0 Å². The van der Waals surface area contributed by atoms with E-state index in [4.69, 9.17) is 10.4 Å². The van der Waals surface area contributed by atoms with E-state index in [2.05, 4.69) is 10.6 Å². The maximum absolute atomic E-state index is 10.8. The fraction of sp³-hybridized carbons (Fsp3) is 0.571. The van der Waals surface area contributed by atoms with Crippen LogP contribution in [0.1, 0.15) is 6.92 Å². The van der Waals surface area contributed by atoms with Crippen molar-refractivity contribution in [1.29, 1.82) is 5.26 Å². The summed E-state index contributed by atoms with van der Waals surface area (Å²) in [6.07, 6.45) is -0.701. The number of amides is 2. The number of carbonyl (C=O) groups excluding carboxylic acids is 2. The van der Waals surface area contributed by atoms with Crippen LogP contribution in [0.4, 0.5) is 0 Å². The lowest BCUT2D eigenvalue weighted by Gasteiger charge is -2.05. The summed E-state index contributed by atoms with van der Waals surface area (Å²) < 4.78 is 0. The van der Waals surface area contributed by atoms with Crippen LogP contribution in [0, 0.1) is 11.3 Å². The van der Waals surface area contributed by atoms with E-state index in [0.717, 1.165) is 0 Å². The van der Waals surface area contributed by atoms with E-state index in [1.165, 1.54) is 6.92 Å². The molecular formula is C7H11N3O3. The van der Waals surface area contributed by atoms with E-state index in [1.54, 1.807) is 6.07 Å². The van der Waals surface area contributed by atoms with Gasteiger partial charge in [-0.05, 0) is 6.92 Å². The molecule has 0 spiro atoms. The van der Waals surface area contributed by atoms with Crippen LogP contribution in [-0.4, -0.2) is 36.1 Å². The third-order valence-corrected chi connectivity index (χ3v) is 1.09. The van der Waals surface area contributed by atoms with Gasteiger partial charge in [-0.3, -0.25) is 9.59 Å². The standard InChI is InChI=1S/C7H11N3O3/c1-5(11)4-10-7(13)6(12)9-3-2-8/h5,11H,3-4H2,1H3,(H,9,12)(H,10,13). The second-order valence-corrected chi connectivity index (χ2v) is 2.40. The van der Waals surface area contributed by atoms with Crippen LogP contribution < -0.4 is 10.6 Å². The average Bonchev–Trinajstić information content (AvgIpc) is 2.10. The second-order valence-electron chi connectivity index (χ2n) is 2.40. The summed E-state index contributed by atoms with van der Waals surface area (Å²) in [6.45, 7) is 1.28. The van der Waals surface area contributed by atoms with Crippen LogP contribution in [-0.2, 0) is 9.59 Å². The molecule has 2 amide bonds. The van der Waals surface area contributed by atoms with Crippen LogP contribution in [0.3, 0.4) is 0 Å². The fourth-order valence-corrected chi connectivity index (χ4v) is 0.521. The number of rotatable bonds is 3. The molecule has 72 valence electrons. The molecule has 6 nitrogen and oxygen atoms in total. The first-order chi connectivity index (χ1) is 6.07. The molecule has 0 saturated heterocycles. The SMILES string of the molecule is CC(O)CNC(=O)C(=O)NCC#N. The molecule has 0 aromatic heterocycles. The minimum atomic E-state index is -0.873. The van der Waals surface area contributed by atoms with E-state index in [-0.39, 0.29) is 13.1 Å². The lowest BCUT2D eigenvalue weighted by Crippen LogP contribution is -2.42. The molecule has 3 N–H and O–H groups in total. The normalized spacial score (nSPS) is 11.2. The second kappa shape index (κ2) is 5.97. The van der Waals surface area contributed by atoms with Crippen LogP contribution in [0.25, 0.3) is 0 Å². The number of carbonyl (C=O) groups is 2. The minimum Gasteiger partial charge on any atom is -0.392 e. The average molecular weight is 185 g/mol. The van der Waals surface area contributed by atoms with E-state index < -0.39 is 17.9 Å². The summed E-state index contributed by atoms with van der Waals surface area (Å²) in [7, 11) is 0. The topological polar surface area (TPSA) is 102 Å². The minimum absolute atomic E-state index is 0.0127. The molecule has 0 heterocycles. The van der Waals surface area contributed by atoms with Crippen LogP contribution in [0.2, 0.25) is 0 Å². The van der Waals surface area contributed by atoms with Crippen molar-refractivity contribution in [2.75, 3.05) is 13.1 Å². The molecule has 1 unspecified atom stereocenters. The zero-order valence-corrected chi connectivity index (χ0v) is 7.20. The van der Waals surface area contributed by atoms with Gasteiger partial charge in [0.25, 0.3) is 0 Å². The number of nitrogens with one attached hydrogen (secondary N) is 2. The van der Waals surface area contributed by atoms with Gasteiger partial charge in [0.05, 0.1) is 12.2 Å². The first-order valence-corrected chi connectivity index (χ1v) is 3.69. The van der Waals surface area contributed by atoms with Crippen molar-refractivity contribution in [1.82, 2.24) is 10.6 Å². The van der Waals surface area contributed by atoms with Gasteiger partial charge in [0, 0.05) is 6.54 Å². The highest BCUT2D eigenvalue weighted by atomic mass is 16.3. The third kappa shape index (κ3) is 5.64. The molecule has 0 aliphatic heterocycles. The highest BCUT2D eigenvalue weighted by molar-refractivity contribution is 6.35. The summed E-state index contributed by atoms with van der Waals surface area (Å²) in [5, 5.41) is 21.1. The molecule has 0 rings (SSSR count). The molecule has 0 aliphatic rings. The van der Waals surface area contributed by atoms with Crippen molar-refractivity contribution in [2.24, 2.45) is 0 Å². The van der Waals surface area contributed by atoms with Crippen LogP contribution >= 0.6 is 0 Å². The Kier molecular flexibility index (Phi) is 5.23. The van der Waals surface area contributed by atoms with E-state index in [0.29, 0.717) is 0 Å². The first-order valence-electron chi connectivity index (χ1n) is 3.69. The molecule has 6 heteroatoms. The molecule has 13 heavy (non-hydrogen) atoms. The van der Waals surface area contributed by atoms with Crippen molar-refractivity contribution in [3.63, 3.8) is 0 Å². The summed E-state index contributed by atoms with van der Waals surface area (Å²) in [5.74, 6) is -1.72. The van der Waals surface area contributed by atoms with Gasteiger partial charge >= 0.3 is 11.8 Å². The molecular weight excluding hydrogens is 174 g/mol. The zero-order chi connectivity index (χ0) is 10.3. The fourth-order valence-electron chi connectivity index (χ4n) is 0.521. The lowest BCUT2D eigenvalue weighted by molar-refractivity contribution is -0.139. The first kappa shape index (κ1) is 11.4. The molecule has 0 aliphatic carbocycles. The Balaban J connectivity index is 3.71. The summed E-state index contributed by atoms with van der Waals surface area (Å²) >= 11 is 0. The lowest BCUT2D eigenvalue weighted by atomic mass is 10.4. The van der Waals surface area contributed by atoms with Crippen LogP contribution in [0.5, 0.6) is 0 Å². The highest BCUT2D eigenvalue weighted by Gasteiger charge is 2.12. The Labute approximate surface area is 75.5 Å². The Bertz CT molecular complexity index is 232. The molecule has 1 atom stereocenters. The van der Waals surface area contributed by atoms with Gasteiger partial charge in [-0.1, -0.05) is 0 Å². The van der Waals surface area contributed by atoms with E-state index in [9.17, 15) is 9.59 Å². The number of nitriles is 1. The van der Waals surface area contributed by atoms with Gasteiger partial charge in [0.2, 0.25) is 0 Å². The predicted octanol–water partition coefficient (Wildman–Crippen LogP) is -1.88. The number of nitrogens with zero attached hydrogens (tertiary/aromatic N) is 1. The number of aliphatic hydroxyl groups is 1. The van der Waals surface area contributed by atoms with Gasteiger partial charge < -0.3 is 15.7 Å². The van der Waals surface area contributed by atoms with Gasteiger partial charge in [-0.2, -0.15) is 5.26 Å². The summed E-state index contributed by atoms with van der Waals surface area (Å²) in [6, 6.07) is 1.66. The highest BCUT2D eigenvalue weighted by Crippen LogP contribution is 1.75.